The minimum Gasteiger partial charge on any atom is -0.261 e. The van der Waals surface area contributed by atoms with E-state index in [1.165, 1.54) is 329 Å². The maximum absolute atomic E-state index is 4.62. The number of aryl methyl sites for hydroxylation is 20. The number of hydrogen-bond donors (Lipinski definition) is 0. The van der Waals surface area contributed by atoms with Gasteiger partial charge < -0.3 is 0 Å². The van der Waals surface area contributed by atoms with E-state index in [2.05, 4.69) is 355 Å². The highest BCUT2D eigenvalue weighted by Gasteiger charge is 2.34. The van der Waals surface area contributed by atoms with Crippen LogP contribution in [0.5, 0.6) is 0 Å². The fourth-order valence-corrected chi connectivity index (χ4v) is 23.2. The second-order valence-corrected chi connectivity index (χ2v) is 42.6. The van der Waals surface area contributed by atoms with Crippen LogP contribution >= 0.6 is 0 Å². The quantitative estimate of drug-likeness (QED) is 0.140. The number of nitrogens with zero attached hydrogens (tertiary/aromatic N) is 14. The highest BCUT2D eigenvalue weighted by molar-refractivity contribution is 5.88. The molecule has 18 aromatic rings. The fourth-order valence-electron chi connectivity index (χ4n) is 23.2. The maximum Gasteiger partial charge on any atom is 0.0529 e. The molecule has 0 spiro atoms. The first kappa shape index (κ1) is 101. The lowest BCUT2D eigenvalue weighted by Crippen LogP contribution is -1.97. The van der Waals surface area contributed by atoms with Crippen LogP contribution in [0.3, 0.4) is 0 Å². The molecule has 0 unspecified atom stereocenters. The molecule has 0 N–H and O–H groups in total. The van der Waals surface area contributed by atoms with Crippen LogP contribution in [0.4, 0.5) is 0 Å². The fraction of sp³-hybridized carbons (Fsp3) is 0.293. The van der Waals surface area contributed by atoms with Gasteiger partial charge in [0.05, 0.1) is 51.2 Å². The normalized spacial score (nSPS) is 12.4. The van der Waals surface area contributed by atoms with E-state index < -0.39 is 0 Å². The zero-order valence-electron chi connectivity index (χ0n) is 91.8. The molecule has 0 amide bonds. The predicted molar refractivity (Wildman–Crippen MR) is 603 cm³/mol. The number of benzene rings is 4. The predicted octanol–water partition coefficient (Wildman–Crippen LogP) is 30.1. The first-order valence-corrected chi connectivity index (χ1v) is 52.0. The standard InChI is InChI=1S/4C16H17N.4C14H14N2.C13H12N2/c1-9-5-13-7-15-16(14(13)6-10(9)2)12(4)11(3)8-17-15;1-9-5-10(2)13-7-15-16(14(13)6-9)12(4)11(3)8-17-15;1-9-5-6-13-14(11(9)3)7-15-16(13)12(4)10(2)8-17-15;1-9-5-6-10(2)15-13(9)7-14-16(15)12(4)11(3)8-17-14;1-8-4-12-13(16-6-8)5-11-7-15-10(3)9(2)14(11)12;1-8-4-5-15-12-6-11-7-16-10(3)9(2)14(11)13(8)12;1-8-4-5-12-13(16-8)6-11-7-15-10(3)9(2)14(11)12;1-8-9(2)16-10(3)12-7-13-11(14(8)12)5-4-6-15-13;1-8-9(2)15-7-10-6-12-11(13(8)10)4-3-5-14-12/h4*5-6,8H,7H2,1-4H3;4,6-7H,5H2,1-3H3;2*4-5,7H,6H2,1-3H3;4-6H,7H2,1-3H3;3-5,7H,6H2,1-2H3. The lowest BCUT2D eigenvalue weighted by molar-refractivity contribution is 1.03. The number of hydrogen-bond acceptors (Lipinski definition) is 14. The van der Waals surface area contributed by atoms with Gasteiger partial charge in [-0.05, 0) is 461 Å². The molecular weight excluding hydrogens is 1790 g/mol. The van der Waals surface area contributed by atoms with E-state index in [1.54, 1.807) is 0 Å². The number of rotatable bonds is 0. The third kappa shape index (κ3) is 18.7. The van der Waals surface area contributed by atoms with Gasteiger partial charge in [0, 0.05) is 222 Å². The third-order valence-electron chi connectivity index (χ3n) is 33.0. The van der Waals surface area contributed by atoms with Gasteiger partial charge in [0.2, 0.25) is 0 Å². The van der Waals surface area contributed by atoms with Crippen molar-refractivity contribution < 1.29 is 0 Å². The van der Waals surface area contributed by atoms with E-state index in [9.17, 15) is 0 Å². The van der Waals surface area contributed by atoms with Crippen molar-refractivity contribution in [3.63, 3.8) is 0 Å². The molecule has 27 rings (SSSR count). The van der Waals surface area contributed by atoms with E-state index >= 15 is 0 Å². The summed E-state index contributed by atoms with van der Waals surface area (Å²) in [5.41, 5.74) is 86.5. The second kappa shape index (κ2) is 40.4. The van der Waals surface area contributed by atoms with Crippen molar-refractivity contribution in [2.45, 2.75) is 265 Å². The Bertz CT molecular complexity index is 8470. The Balaban J connectivity index is 0.000000104. The topological polar surface area (TPSA) is 180 Å². The molecule has 14 aromatic heterocycles. The molecule has 4 aromatic carbocycles. The molecule has 0 bridgehead atoms. The molecule has 0 aliphatic heterocycles. The minimum absolute atomic E-state index is 0.930. The highest BCUT2D eigenvalue weighted by Crippen LogP contribution is 2.50. The van der Waals surface area contributed by atoms with Gasteiger partial charge in [-0.1, -0.05) is 72.3 Å². The number of pyridine rings is 14. The van der Waals surface area contributed by atoms with Crippen molar-refractivity contribution >= 4 is 0 Å². The van der Waals surface area contributed by atoms with Crippen LogP contribution < -0.4 is 0 Å². The van der Waals surface area contributed by atoms with Gasteiger partial charge in [-0.25, -0.2) is 0 Å². The first-order valence-electron chi connectivity index (χ1n) is 52.0. The van der Waals surface area contributed by atoms with Crippen LogP contribution in [0.2, 0.25) is 0 Å². The lowest BCUT2D eigenvalue weighted by atomic mass is 9.94. The largest absolute Gasteiger partial charge is 0.261 e. The van der Waals surface area contributed by atoms with Gasteiger partial charge in [0.25, 0.3) is 0 Å². The zero-order chi connectivity index (χ0) is 104. The number of fused-ring (bicyclic) bond motifs is 27. The second-order valence-electron chi connectivity index (χ2n) is 42.6. The Kier molecular flexibility index (Phi) is 27.7. The van der Waals surface area contributed by atoms with Crippen molar-refractivity contribution in [1.29, 1.82) is 0 Å². The monoisotopic (exact) mass is 1930 g/mol. The molecule has 9 aliphatic rings. The van der Waals surface area contributed by atoms with Crippen LogP contribution in [0, 0.1) is 208 Å². The molecule has 14 heterocycles. The van der Waals surface area contributed by atoms with Crippen LogP contribution in [0.25, 0.3) is 100 Å². The van der Waals surface area contributed by atoms with Crippen molar-refractivity contribution in [3.05, 3.63) is 441 Å². The molecule has 0 fully saturated rings. The number of aromatic nitrogens is 14. The first-order chi connectivity index (χ1) is 70.3. The lowest BCUT2D eigenvalue weighted by Gasteiger charge is -2.11. The van der Waals surface area contributed by atoms with Gasteiger partial charge in [-0.2, -0.15) is 0 Å². The Hall–Kier alpha value is -15.0. The van der Waals surface area contributed by atoms with Crippen LogP contribution in [-0.4, -0.2) is 69.8 Å². The summed E-state index contributed by atoms with van der Waals surface area (Å²) < 4.78 is 0. The summed E-state index contributed by atoms with van der Waals surface area (Å²) in [6, 6.07) is 35.1. The summed E-state index contributed by atoms with van der Waals surface area (Å²) in [5.74, 6) is 0. The third-order valence-corrected chi connectivity index (χ3v) is 33.0. The van der Waals surface area contributed by atoms with Crippen molar-refractivity contribution in [2.24, 2.45) is 0 Å². The van der Waals surface area contributed by atoms with Gasteiger partial charge >= 0.3 is 0 Å². The molecule has 738 valence electrons. The molecule has 0 radical (unpaired) electrons. The molecule has 0 saturated heterocycles. The zero-order valence-corrected chi connectivity index (χ0v) is 91.8. The van der Waals surface area contributed by atoms with Crippen LogP contribution in [-0.2, 0) is 57.8 Å². The Morgan fingerprint density at radius 1 is 0.163 bits per heavy atom. The summed E-state index contributed by atoms with van der Waals surface area (Å²) in [6.45, 7) is 64.5. The highest BCUT2D eigenvalue weighted by atomic mass is 14.8. The van der Waals surface area contributed by atoms with E-state index in [1.807, 2.05) is 93.4 Å². The van der Waals surface area contributed by atoms with E-state index in [-0.39, 0.29) is 0 Å². The Morgan fingerprint density at radius 2 is 0.558 bits per heavy atom. The smallest absolute Gasteiger partial charge is 0.0529 e. The molecule has 9 aliphatic carbocycles. The van der Waals surface area contributed by atoms with Crippen LogP contribution in [0.1, 0.15) is 269 Å². The van der Waals surface area contributed by atoms with E-state index in [0.717, 1.165) is 97.6 Å². The maximum atomic E-state index is 4.62. The van der Waals surface area contributed by atoms with Crippen LogP contribution in [0.15, 0.2) is 171 Å². The summed E-state index contributed by atoms with van der Waals surface area (Å²) in [6.07, 6.45) is 32.2. The molecule has 0 atom stereocenters. The van der Waals surface area contributed by atoms with Gasteiger partial charge in [0.15, 0.2) is 0 Å². The van der Waals surface area contributed by atoms with Crippen molar-refractivity contribution in [3.8, 4) is 100 Å². The molecule has 14 nitrogen and oxygen atoms in total. The average Bonchev–Trinajstić information content (AvgIpc) is 1.67. The molecule has 0 saturated carbocycles. The van der Waals surface area contributed by atoms with Crippen molar-refractivity contribution in [1.82, 2.24) is 69.8 Å². The minimum atomic E-state index is 0.930. The van der Waals surface area contributed by atoms with E-state index in [4.69, 9.17) is 0 Å². The molecule has 147 heavy (non-hydrogen) atoms. The summed E-state index contributed by atoms with van der Waals surface area (Å²) in [5, 5.41) is 0. The molecule has 14 heteroatoms. The molecular formula is C133H136N14. The average molecular weight is 1930 g/mol. The summed E-state index contributed by atoms with van der Waals surface area (Å²) in [7, 11) is 0. The summed E-state index contributed by atoms with van der Waals surface area (Å²) in [4.78, 5) is 63.2. The van der Waals surface area contributed by atoms with Crippen molar-refractivity contribution in [2.75, 3.05) is 0 Å². The van der Waals surface area contributed by atoms with Gasteiger partial charge in [-0.3, -0.25) is 69.8 Å². The van der Waals surface area contributed by atoms with Gasteiger partial charge in [0.1, 0.15) is 0 Å². The Labute approximate surface area is 870 Å². The van der Waals surface area contributed by atoms with Gasteiger partial charge in [-0.15, -0.1) is 0 Å². The SMILES string of the molecule is Cc1cc(C)c2c(c1)-c1c(ncc(C)c1C)C2.Cc1cc2c(cc1C)-c1c(ncc(C)c1C)C2.Cc1ccc2c(c1C)Cc1ncc(C)c(C)c1-2.Cc1ccc2c(n1)Cc1cnc(C)c(C)c1-2.Cc1ccnc2c1-c1c(cnc(C)c1C)C2.Cc1cnc2c(c1)-c1c(cnc(C)c1C)C2.Cc1cnc2c(c1C)-c1c(C)ccc(C)c1C2.Cc1nc(C)c2c(c1C)-c1cccnc1C2.Cc1ncc2c(c1C)-c1cccnc1C2. The Morgan fingerprint density at radius 3 is 1.14 bits per heavy atom. The summed E-state index contributed by atoms with van der Waals surface area (Å²) >= 11 is 0. The van der Waals surface area contributed by atoms with E-state index in [0.29, 0.717) is 0 Å².